The number of carbonyl (C=O) groups excluding carboxylic acids is 1. The molecule has 2 aromatic heterocycles. The van der Waals surface area contributed by atoms with Gasteiger partial charge in [0.25, 0.3) is 5.91 Å². The first-order chi connectivity index (χ1) is 15.5. The topological polar surface area (TPSA) is 69.3 Å². The Morgan fingerprint density at radius 3 is 2.50 bits per heavy atom. The molecular weight excluding hydrogens is 426 g/mol. The Morgan fingerprint density at radius 2 is 1.78 bits per heavy atom. The molecule has 0 unspecified atom stereocenters. The standard InChI is InChI=1S/C25H24ClN3O3/c1-3-18-6-10-21(11-7-18)31-16-22-12-13-23(32-22)25(30)27-24-14-17(2)29(28-24)15-19-4-8-20(26)9-5-19/h4-14H,3,15-16H2,1-2H3,(H,27,28,30). The number of halogens is 1. The number of aryl methyl sites for hydroxylation is 2. The second kappa shape index (κ2) is 9.75. The van der Waals surface area contributed by atoms with Crippen LogP contribution in [0.15, 0.2) is 71.1 Å². The normalized spacial score (nSPS) is 10.8. The molecule has 0 saturated carbocycles. The summed E-state index contributed by atoms with van der Waals surface area (Å²) in [5, 5.41) is 7.95. The van der Waals surface area contributed by atoms with Crippen LogP contribution in [0.1, 0.15) is 40.1 Å². The van der Waals surface area contributed by atoms with Gasteiger partial charge in [-0.1, -0.05) is 42.8 Å². The molecule has 164 valence electrons. The van der Waals surface area contributed by atoms with E-state index in [1.54, 1.807) is 12.1 Å². The molecule has 0 bridgehead atoms. The molecule has 0 aliphatic heterocycles. The number of carbonyl (C=O) groups is 1. The summed E-state index contributed by atoms with van der Waals surface area (Å²) in [6.45, 7) is 4.87. The van der Waals surface area contributed by atoms with Crippen LogP contribution in [0, 0.1) is 6.92 Å². The number of aromatic nitrogens is 2. The molecule has 0 spiro atoms. The summed E-state index contributed by atoms with van der Waals surface area (Å²) >= 11 is 5.94. The van der Waals surface area contributed by atoms with Gasteiger partial charge in [-0.2, -0.15) is 5.10 Å². The Morgan fingerprint density at radius 1 is 1.06 bits per heavy atom. The van der Waals surface area contributed by atoms with E-state index in [-0.39, 0.29) is 18.3 Å². The number of hydrogen-bond acceptors (Lipinski definition) is 4. The number of hydrogen-bond donors (Lipinski definition) is 1. The molecule has 0 fully saturated rings. The Bertz CT molecular complexity index is 1190. The molecule has 32 heavy (non-hydrogen) atoms. The molecule has 0 radical (unpaired) electrons. The zero-order valence-electron chi connectivity index (χ0n) is 18.0. The summed E-state index contributed by atoms with van der Waals surface area (Å²) in [6.07, 6.45) is 0.982. The number of benzene rings is 2. The summed E-state index contributed by atoms with van der Waals surface area (Å²) in [4.78, 5) is 12.6. The first-order valence-electron chi connectivity index (χ1n) is 10.4. The number of rotatable bonds is 8. The van der Waals surface area contributed by atoms with E-state index in [0.29, 0.717) is 23.1 Å². The van der Waals surface area contributed by atoms with Gasteiger partial charge in [0, 0.05) is 16.8 Å². The van der Waals surface area contributed by atoms with Crippen LogP contribution >= 0.6 is 11.6 Å². The van der Waals surface area contributed by atoms with Crippen molar-refractivity contribution in [2.45, 2.75) is 33.4 Å². The second-order valence-electron chi connectivity index (χ2n) is 7.46. The lowest BCUT2D eigenvalue weighted by Gasteiger charge is -2.05. The monoisotopic (exact) mass is 449 g/mol. The highest BCUT2D eigenvalue weighted by molar-refractivity contribution is 6.30. The van der Waals surface area contributed by atoms with Gasteiger partial charge < -0.3 is 14.5 Å². The molecular formula is C25H24ClN3O3. The third-order valence-corrected chi connectivity index (χ3v) is 5.32. The maximum absolute atomic E-state index is 12.6. The van der Waals surface area contributed by atoms with Gasteiger partial charge in [0.1, 0.15) is 18.1 Å². The van der Waals surface area contributed by atoms with Crippen LogP contribution in [0.3, 0.4) is 0 Å². The van der Waals surface area contributed by atoms with E-state index in [9.17, 15) is 4.79 Å². The van der Waals surface area contributed by atoms with Crippen molar-refractivity contribution in [1.82, 2.24) is 9.78 Å². The number of nitrogens with one attached hydrogen (secondary N) is 1. The maximum atomic E-state index is 12.6. The summed E-state index contributed by atoms with van der Waals surface area (Å²) in [5.74, 6) is 1.63. The minimum absolute atomic E-state index is 0.204. The lowest BCUT2D eigenvalue weighted by molar-refractivity contribution is 0.0992. The van der Waals surface area contributed by atoms with Crippen LogP contribution in [-0.4, -0.2) is 15.7 Å². The molecule has 1 N–H and O–H groups in total. The van der Waals surface area contributed by atoms with Crippen molar-refractivity contribution in [3.63, 3.8) is 0 Å². The number of anilines is 1. The molecule has 6 nitrogen and oxygen atoms in total. The van der Waals surface area contributed by atoms with E-state index in [2.05, 4.69) is 17.3 Å². The smallest absolute Gasteiger partial charge is 0.292 e. The zero-order valence-corrected chi connectivity index (χ0v) is 18.7. The van der Waals surface area contributed by atoms with Gasteiger partial charge in [0.15, 0.2) is 11.6 Å². The molecule has 2 aromatic carbocycles. The van der Waals surface area contributed by atoms with E-state index in [1.807, 2.05) is 66.2 Å². The van der Waals surface area contributed by atoms with E-state index in [0.717, 1.165) is 23.4 Å². The predicted molar refractivity (Wildman–Crippen MR) is 124 cm³/mol. The summed E-state index contributed by atoms with van der Waals surface area (Å²) in [6, 6.07) is 20.7. The second-order valence-corrected chi connectivity index (χ2v) is 7.90. The minimum Gasteiger partial charge on any atom is -0.486 e. The van der Waals surface area contributed by atoms with Crippen LogP contribution < -0.4 is 10.1 Å². The van der Waals surface area contributed by atoms with Gasteiger partial charge in [-0.15, -0.1) is 0 Å². The fraction of sp³-hybridized carbons (Fsp3) is 0.200. The van der Waals surface area contributed by atoms with Crippen molar-refractivity contribution in [3.8, 4) is 5.75 Å². The third-order valence-electron chi connectivity index (χ3n) is 5.07. The largest absolute Gasteiger partial charge is 0.486 e. The van der Waals surface area contributed by atoms with Gasteiger partial charge in [-0.3, -0.25) is 9.48 Å². The van der Waals surface area contributed by atoms with Crippen LogP contribution in [0.2, 0.25) is 5.02 Å². The van der Waals surface area contributed by atoms with Crippen LogP contribution in [-0.2, 0) is 19.6 Å². The highest BCUT2D eigenvalue weighted by Crippen LogP contribution is 2.18. The zero-order chi connectivity index (χ0) is 22.5. The average molecular weight is 450 g/mol. The van der Waals surface area contributed by atoms with Gasteiger partial charge in [-0.25, -0.2) is 0 Å². The molecule has 4 aromatic rings. The molecule has 7 heteroatoms. The SMILES string of the molecule is CCc1ccc(OCc2ccc(C(=O)Nc3cc(C)n(Cc4ccc(Cl)cc4)n3)o2)cc1. The van der Waals surface area contributed by atoms with Gasteiger partial charge in [0.2, 0.25) is 0 Å². The number of ether oxygens (including phenoxy) is 1. The average Bonchev–Trinajstić information content (AvgIpc) is 3.41. The fourth-order valence-electron chi connectivity index (χ4n) is 3.23. The van der Waals surface area contributed by atoms with E-state index < -0.39 is 0 Å². The van der Waals surface area contributed by atoms with Crippen molar-refractivity contribution in [2.75, 3.05) is 5.32 Å². The molecule has 2 heterocycles. The fourth-order valence-corrected chi connectivity index (χ4v) is 3.35. The highest BCUT2D eigenvalue weighted by atomic mass is 35.5. The molecule has 0 aliphatic rings. The number of furan rings is 1. The van der Waals surface area contributed by atoms with E-state index >= 15 is 0 Å². The van der Waals surface area contributed by atoms with Crippen LogP contribution in [0.5, 0.6) is 5.75 Å². The van der Waals surface area contributed by atoms with Gasteiger partial charge in [0.05, 0.1) is 6.54 Å². The maximum Gasteiger partial charge on any atom is 0.292 e. The Kier molecular flexibility index (Phi) is 6.61. The molecule has 0 saturated heterocycles. The van der Waals surface area contributed by atoms with Crippen molar-refractivity contribution < 1.29 is 13.9 Å². The Hall–Kier alpha value is -3.51. The first kappa shape index (κ1) is 21.7. The quantitative estimate of drug-likeness (QED) is 0.364. The van der Waals surface area contributed by atoms with Crippen LogP contribution in [0.25, 0.3) is 0 Å². The van der Waals surface area contributed by atoms with Crippen molar-refractivity contribution >= 4 is 23.3 Å². The Balaban J connectivity index is 1.35. The molecule has 0 aliphatic carbocycles. The summed E-state index contributed by atoms with van der Waals surface area (Å²) < 4.78 is 13.2. The van der Waals surface area contributed by atoms with Gasteiger partial charge >= 0.3 is 0 Å². The third kappa shape index (κ3) is 5.39. The molecule has 4 rings (SSSR count). The summed E-state index contributed by atoms with van der Waals surface area (Å²) in [5.41, 5.74) is 3.25. The number of nitrogens with zero attached hydrogens (tertiary/aromatic N) is 2. The minimum atomic E-state index is -0.361. The van der Waals surface area contributed by atoms with E-state index in [1.165, 1.54) is 5.56 Å². The molecule has 0 atom stereocenters. The number of amides is 1. The van der Waals surface area contributed by atoms with Crippen molar-refractivity contribution in [2.24, 2.45) is 0 Å². The van der Waals surface area contributed by atoms with E-state index in [4.69, 9.17) is 20.8 Å². The lowest BCUT2D eigenvalue weighted by atomic mass is 10.2. The Labute approximate surface area is 191 Å². The first-order valence-corrected chi connectivity index (χ1v) is 10.8. The van der Waals surface area contributed by atoms with Crippen molar-refractivity contribution in [3.05, 3.63) is 100 Å². The van der Waals surface area contributed by atoms with Crippen LogP contribution in [0.4, 0.5) is 5.82 Å². The molecule has 1 amide bonds. The highest BCUT2D eigenvalue weighted by Gasteiger charge is 2.14. The summed E-state index contributed by atoms with van der Waals surface area (Å²) in [7, 11) is 0. The van der Waals surface area contributed by atoms with Gasteiger partial charge in [-0.05, 0) is 60.9 Å². The lowest BCUT2D eigenvalue weighted by Crippen LogP contribution is -2.12. The van der Waals surface area contributed by atoms with Crippen molar-refractivity contribution in [1.29, 1.82) is 0 Å². The predicted octanol–water partition coefficient (Wildman–Crippen LogP) is 5.88.